The van der Waals surface area contributed by atoms with Crippen molar-refractivity contribution in [1.29, 1.82) is 0 Å². The molecule has 0 aliphatic heterocycles. The maximum Gasteiger partial charge on any atom is 0.176 e. The van der Waals surface area contributed by atoms with Crippen molar-refractivity contribution < 1.29 is 0 Å². The molecule has 104 valence electrons. The van der Waals surface area contributed by atoms with Crippen LogP contribution >= 0.6 is 12.2 Å². The Morgan fingerprint density at radius 3 is 2.50 bits per heavy atom. The standard InChI is InChI=1S/C16H19N3S/c1-3-12(2)13-7-9-14(10-8-13)18-16(20)19-15-6-4-5-11-17-15/h4-12H,3H2,1-2H3,(H2,17,18,19,20). The van der Waals surface area contributed by atoms with Crippen LogP contribution in [0.4, 0.5) is 11.5 Å². The summed E-state index contributed by atoms with van der Waals surface area (Å²) in [5.74, 6) is 1.32. The first-order valence-electron chi connectivity index (χ1n) is 6.78. The Morgan fingerprint density at radius 1 is 1.15 bits per heavy atom. The molecule has 0 saturated carbocycles. The summed E-state index contributed by atoms with van der Waals surface area (Å²) in [6.07, 6.45) is 2.87. The van der Waals surface area contributed by atoms with E-state index in [1.54, 1.807) is 6.20 Å². The molecule has 2 aromatic rings. The van der Waals surface area contributed by atoms with Crippen LogP contribution in [0.25, 0.3) is 0 Å². The molecule has 3 nitrogen and oxygen atoms in total. The molecule has 0 aliphatic carbocycles. The number of aromatic nitrogens is 1. The molecular formula is C16H19N3S. The van der Waals surface area contributed by atoms with Crippen LogP contribution in [-0.4, -0.2) is 10.1 Å². The first kappa shape index (κ1) is 14.5. The van der Waals surface area contributed by atoms with E-state index in [2.05, 4.69) is 41.6 Å². The molecule has 2 N–H and O–H groups in total. The first-order valence-corrected chi connectivity index (χ1v) is 7.19. The Morgan fingerprint density at radius 2 is 1.90 bits per heavy atom. The molecule has 1 atom stereocenters. The molecular weight excluding hydrogens is 266 g/mol. The van der Waals surface area contributed by atoms with E-state index in [4.69, 9.17) is 12.2 Å². The maximum absolute atomic E-state index is 5.26. The van der Waals surface area contributed by atoms with Crippen molar-refractivity contribution in [2.45, 2.75) is 26.2 Å². The number of thiocarbonyl (C=S) groups is 1. The lowest BCUT2D eigenvalue weighted by atomic mass is 9.99. The lowest BCUT2D eigenvalue weighted by molar-refractivity contribution is 0.734. The summed E-state index contributed by atoms with van der Waals surface area (Å²) in [7, 11) is 0. The number of hydrogen-bond acceptors (Lipinski definition) is 2. The molecule has 0 fully saturated rings. The van der Waals surface area contributed by atoms with Crippen molar-refractivity contribution in [3.8, 4) is 0 Å². The summed E-state index contributed by atoms with van der Waals surface area (Å²) in [4.78, 5) is 4.17. The lowest BCUT2D eigenvalue weighted by Gasteiger charge is -2.12. The minimum Gasteiger partial charge on any atom is -0.332 e. The van der Waals surface area contributed by atoms with Crippen LogP contribution in [0.1, 0.15) is 31.7 Å². The molecule has 0 bridgehead atoms. The monoisotopic (exact) mass is 285 g/mol. The molecule has 1 heterocycles. The zero-order chi connectivity index (χ0) is 14.4. The van der Waals surface area contributed by atoms with Gasteiger partial charge in [0.2, 0.25) is 0 Å². The maximum atomic E-state index is 5.26. The van der Waals surface area contributed by atoms with Gasteiger partial charge in [-0.15, -0.1) is 0 Å². The number of hydrogen-bond donors (Lipinski definition) is 2. The zero-order valence-electron chi connectivity index (χ0n) is 11.8. The third-order valence-corrected chi connectivity index (χ3v) is 3.46. The Labute approximate surface area is 125 Å². The predicted molar refractivity (Wildman–Crippen MR) is 89.2 cm³/mol. The van der Waals surface area contributed by atoms with Gasteiger partial charge in [0, 0.05) is 11.9 Å². The van der Waals surface area contributed by atoms with Crippen LogP contribution in [0.15, 0.2) is 48.7 Å². The average Bonchev–Trinajstić information content (AvgIpc) is 2.48. The van der Waals surface area contributed by atoms with E-state index < -0.39 is 0 Å². The highest BCUT2D eigenvalue weighted by Gasteiger charge is 2.03. The molecule has 2 rings (SSSR count). The second kappa shape index (κ2) is 7.01. The van der Waals surface area contributed by atoms with E-state index in [0.29, 0.717) is 11.0 Å². The topological polar surface area (TPSA) is 37.0 Å². The molecule has 20 heavy (non-hydrogen) atoms. The van der Waals surface area contributed by atoms with Gasteiger partial charge in [-0.2, -0.15) is 0 Å². The summed E-state index contributed by atoms with van der Waals surface area (Å²) in [6.45, 7) is 4.43. The van der Waals surface area contributed by atoms with Crippen molar-refractivity contribution in [3.63, 3.8) is 0 Å². The Hall–Kier alpha value is -1.94. The molecule has 1 aromatic carbocycles. The van der Waals surface area contributed by atoms with Gasteiger partial charge in [0.15, 0.2) is 5.11 Å². The fraction of sp³-hybridized carbons (Fsp3) is 0.250. The highest BCUT2D eigenvalue weighted by atomic mass is 32.1. The molecule has 0 radical (unpaired) electrons. The minimum atomic E-state index is 0.542. The summed E-state index contributed by atoms with van der Waals surface area (Å²) in [5.41, 5.74) is 2.33. The number of benzene rings is 1. The molecule has 0 spiro atoms. The molecule has 1 unspecified atom stereocenters. The molecule has 0 saturated heterocycles. The predicted octanol–water partition coefficient (Wildman–Crippen LogP) is 4.40. The largest absolute Gasteiger partial charge is 0.332 e. The zero-order valence-corrected chi connectivity index (χ0v) is 12.6. The number of pyridine rings is 1. The van der Waals surface area contributed by atoms with Crippen LogP contribution in [-0.2, 0) is 0 Å². The van der Waals surface area contributed by atoms with Gasteiger partial charge in [-0.05, 0) is 54.4 Å². The van der Waals surface area contributed by atoms with Crippen LogP contribution in [0.3, 0.4) is 0 Å². The van der Waals surface area contributed by atoms with Gasteiger partial charge in [0.1, 0.15) is 5.82 Å². The van der Waals surface area contributed by atoms with E-state index >= 15 is 0 Å². The van der Waals surface area contributed by atoms with Crippen LogP contribution in [0.2, 0.25) is 0 Å². The van der Waals surface area contributed by atoms with Crippen molar-refractivity contribution in [1.82, 2.24) is 4.98 Å². The fourth-order valence-corrected chi connectivity index (χ4v) is 2.07. The summed E-state index contributed by atoms with van der Waals surface area (Å²) in [5, 5.41) is 6.74. The van der Waals surface area contributed by atoms with Crippen molar-refractivity contribution >= 4 is 28.8 Å². The van der Waals surface area contributed by atoms with Gasteiger partial charge in [-0.25, -0.2) is 4.98 Å². The SMILES string of the molecule is CCC(C)c1ccc(NC(=S)Nc2ccccn2)cc1. The Kier molecular flexibility index (Phi) is 5.07. The third kappa shape index (κ3) is 4.03. The molecule has 4 heteroatoms. The highest BCUT2D eigenvalue weighted by molar-refractivity contribution is 7.80. The second-order valence-electron chi connectivity index (χ2n) is 4.73. The summed E-state index contributed by atoms with van der Waals surface area (Å²) >= 11 is 5.26. The molecule has 1 aromatic heterocycles. The molecule has 0 aliphatic rings. The highest BCUT2D eigenvalue weighted by Crippen LogP contribution is 2.20. The van der Waals surface area contributed by atoms with Crippen molar-refractivity contribution in [2.24, 2.45) is 0 Å². The summed E-state index contributed by atoms with van der Waals surface area (Å²) < 4.78 is 0. The summed E-state index contributed by atoms with van der Waals surface area (Å²) in [6, 6.07) is 14.0. The van der Waals surface area contributed by atoms with E-state index in [-0.39, 0.29) is 0 Å². The second-order valence-corrected chi connectivity index (χ2v) is 5.13. The van der Waals surface area contributed by atoms with Crippen LogP contribution < -0.4 is 10.6 Å². The minimum absolute atomic E-state index is 0.542. The van der Waals surface area contributed by atoms with Gasteiger partial charge >= 0.3 is 0 Å². The van der Waals surface area contributed by atoms with E-state index in [1.807, 2.05) is 30.3 Å². The lowest BCUT2D eigenvalue weighted by Crippen LogP contribution is -2.19. The first-order chi connectivity index (χ1) is 9.69. The average molecular weight is 285 g/mol. The number of nitrogens with zero attached hydrogens (tertiary/aromatic N) is 1. The van der Waals surface area contributed by atoms with Gasteiger partial charge in [0.05, 0.1) is 0 Å². The van der Waals surface area contributed by atoms with Crippen molar-refractivity contribution in [2.75, 3.05) is 10.6 Å². The quantitative estimate of drug-likeness (QED) is 0.816. The van der Waals surface area contributed by atoms with Gasteiger partial charge in [-0.1, -0.05) is 32.0 Å². The Bertz CT molecular complexity index is 552. The fourth-order valence-electron chi connectivity index (χ4n) is 1.85. The van der Waals surface area contributed by atoms with Gasteiger partial charge in [-0.3, -0.25) is 0 Å². The molecule has 0 amide bonds. The van der Waals surface area contributed by atoms with Gasteiger partial charge < -0.3 is 10.6 Å². The smallest absolute Gasteiger partial charge is 0.176 e. The number of nitrogens with one attached hydrogen (secondary N) is 2. The van der Waals surface area contributed by atoms with Crippen LogP contribution in [0, 0.1) is 0 Å². The van der Waals surface area contributed by atoms with Gasteiger partial charge in [0.25, 0.3) is 0 Å². The third-order valence-electron chi connectivity index (χ3n) is 3.26. The normalized spacial score (nSPS) is 11.7. The van der Waals surface area contributed by atoms with E-state index in [9.17, 15) is 0 Å². The Balaban J connectivity index is 1.94. The van der Waals surface area contributed by atoms with E-state index in [1.165, 1.54) is 5.56 Å². The van der Waals surface area contributed by atoms with Crippen molar-refractivity contribution in [3.05, 3.63) is 54.2 Å². The number of anilines is 2. The number of rotatable bonds is 4. The van der Waals surface area contributed by atoms with Crippen LogP contribution in [0.5, 0.6) is 0 Å². The van der Waals surface area contributed by atoms with E-state index in [0.717, 1.165) is 17.9 Å².